The molecule has 0 saturated heterocycles. The van der Waals surface area contributed by atoms with Crippen LogP contribution in [0.25, 0.3) is 0 Å². The van der Waals surface area contributed by atoms with Crippen LogP contribution in [-0.2, 0) is 11.3 Å². The van der Waals surface area contributed by atoms with Crippen molar-refractivity contribution in [1.29, 1.82) is 0 Å². The van der Waals surface area contributed by atoms with Crippen LogP contribution in [0.1, 0.15) is 30.7 Å². The number of hydrogen-bond donors (Lipinski definition) is 1. The summed E-state index contributed by atoms with van der Waals surface area (Å²) in [5.74, 6) is 0.877. The first-order valence-electron chi connectivity index (χ1n) is 6.38. The van der Waals surface area contributed by atoms with Crippen LogP contribution < -0.4 is 4.90 Å². The summed E-state index contributed by atoms with van der Waals surface area (Å²) >= 11 is 0. The zero-order chi connectivity index (χ0) is 13.7. The van der Waals surface area contributed by atoms with Gasteiger partial charge in [-0.05, 0) is 39.3 Å². The van der Waals surface area contributed by atoms with Crippen LogP contribution >= 0.6 is 0 Å². The van der Waals surface area contributed by atoms with Crippen molar-refractivity contribution in [1.82, 2.24) is 4.98 Å². The second kappa shape index (κ2) is 6.71. The molecular weight excluding hydrogens is 228 g/mol. The van der Waals surface area contributed by atoms with Crippen LogP contribution in [0.2, 0.25) is 0 Å². The van der Waals surface area contributed by atoms with E-state index in [-0.39, 0.29) is 12.6 Å². The lowest BCUT2D eigenvalue weighted by molar-refractivity contribution is 0.181. The van der Waals surface area contributed by atoms with Gasteiger partial charge < -0.3 is 14.7 Å². The fraction of sp³-hybridized carbons (Fsp3) is 0.643. The summed E-state index contributed by atoms with van der Waals surface area (Å²) in [5.41, 5.74) is 2.97. The first-order valence-corrected chi connectivity index (χ1v) is 6.38. The molecule has 0 amide bonds. The number of pyridine rings is 1. The van der Waals surface area contributed by atoms with Gasteiger partial charge in [0.1, 0.15) is 5.82 Å². The molecule has 0 aromatic carbocycles. The summed E-state index contributed by atoms with van der Waals surface area (Å²) < 4.78 is 5.21. The van der Waals surface area contributed by atoms with Crippen molar-refractivity contribution >= 4 is 5.82 Å². The van der Waals surface area contributed by atoms with Crippen molar-refractivity contribution in [2.75, 3.05) is 25.2 Å². The molecule has 0 radical (unpaired) electrons. The summed E-state index contributed by atoms with van der Waals surface area (Å²) in [6, 6.07) is 2.24. The average Bonchev–Trinajstić information content (AvgIpc) is 2.29. The Kier molecular flexibility index (Phi) is 5.56. The van der Waals surface area contributed by atoms with Gasteiger partial charge in [0.25, 0.3) is 0 Å². The number of aromatic nitrogens is 1. The van der Waals surface area contributed by atoms with E-state index in [9.17, 15) is 5.11 Å². The number of aryl methyl sites for hydroxylation is 2. The van der Waals surface area contributed by atoms with Gasteiger partial charge in [-0.1, -0.05) is 0 Å². The van der Waals surface area contributed by atoms with Crippen LogP contribution in [0.15, 0.2) is 6.07 Å². The number of anilines is 1. The van der Waals surface area contributed by atoms with E-state index in [0.717, 1.165) is 29.2 Å². The Morgan fingerprint density at radius 1 is 1.44 bits per heavy atom. The van der Waals surface area contributed by atoms with Gasteiger partial charge in [0.2, 0.25) is 0 Å². The van der Waals surface area contributed by atoms with E-state index in [2.05, 4.69) is 23.7 Å². The maximum atomic E-state index is 9.55. The zero-order valence-electron chi connectivity index (χ0n) is 12.0. The summed E-state index contributed by atoms with van der Waals surface area (Å²) in [5, 5.41) is 9.55. The summed E-state index contributed by atoms with van der Waals surface area (Å²) in [6.45, 7) is 9.69. The topological polar surface area (TPSA) is 45.6 Å². The van der Waals surface area contributed by atoms with E-state index in [1.165, 1.54) is 0 Å². The summed E-state index contributed by atoms with van der Waals surface area (Å²) in [7, 11) is 1.70. The molecule has 18 heavy (non-hydrogen) atoms. The number of nitrogens with zero attached hydrogens (tertiary/aromatic N) is 2. The van der Waals surface area contributed by atoms with E-state index in [0.29, 0.717) is 6.61 Å². The standard InChI is InChI=1S/C14H24N2O2/c1-6-16(12(4)9-18-5)14-13(8-17)10(2)7-11(3)15-14/h7,12,17H,6,8-9H2,1-5H3. The fourth-order valence-electron chi connectivity index (χ4n) is 2.28. The first-order chi connectivity index (χ1) is 8.54. The predicted octanol–water partition coefficient (Wildman–Crippen LogP) is 2.05. The van der Waals surface area contributed by atoms with E-state index >= 15 is 0 Å². The highest BCUT2D eigenvalue weighted by Crippen LogP contribution is 2.24. The molecule has 1 atom stereocenters. The second-order valence-corrected chi connectivity index (χ2v) is 4.63. The summed E-state index contributed by atoms with van der Waals surface area (Å²) in [6.07, 6.45) is 0. The Balaban J connectivity index is 3.19. The number of likely N-dealkylation sites (N-methyl/N-ethyl adjacent to an activating group) is 1. The van der Waals surface area contributed by atoms with E-state index in [4.69, 9.17) is 4.74 Å². The molecule has 0 fully saturated rings. The minimum atomic E-state index is 0.0185. The third kappa shape index (κ3) is 3.21. The highest BCUT2D eigenvalue weighted by Gasteiger charge is 2.18. The number of aliphatic hydroxyl groups excluding tert-OH is 1. The monoisotopic (exact) mass is 252 g/mol. The number of ether oxygens (including phenoxy) is 1. The van der Waals surface area contributed by atoms with Gasteiger partial charge in [-0.3, -0.25) is 0 Å². The Bertz CT molecular complexity index is 394. The number of aliphatic hydroxyl groups is 1. The maximum absolute atomic E-state index is 9.55. The van der Waals surface area contributed by atoms with E-state index in [1.807, 2.05) is 19.9 Å². The average molecular weight is 252 g/mol. The van der Waals surface area contributed by atoms with Gasteiger partial charge in [-0.15, -0.1) is 0 Å². The highest BCUT2D eigenvalue weighted by atomic mass is 16.5. The minimum absolute atomic E-state index is 0.0185. The third-order valence-electron chi connectivity index (χ3n) is 3.16. The van der Waals surface area contributed by atoms with Crippen molar-refractivity contribution in [3.05, 3.63) is 22.9 Å². The fourth-order valence-corrected chi connectivity index (χ4v) is 2.28. The molecule has 1 N–H and O–H groups in total. The summed E-state index contributed by atoms with van der Waals surface area (Å²) in [4.78, 5) is 6.77. The van der Waals surface area contributed by atoms with E-state index < -0.39 is 0 Å². The number of rotatable bonds is 6. The zero-order valence-corrected chi connectivity index (χ0v) is 12.0. The van der Waals surface area contributed by atoms with E-state index in [1.54, 1.807) is 7.11 Å². The van der Waals surface area contributed by atoms with Crippen molar-refractivity contribution in [2.24, 2.45) is 0 Å². The van der Waals surface area contributed by atoms with Gasteiger partial charge in [0.05, 0.1) is 19.3 Å². The van der Waals surface area contributed by atoms with Crippen molar-refractivity contribution < 1.29 is 9.84 Å². The smallest absolute Gasteiger partial charge is 0.134 e. The van der Waals surface area contributed by atoms with Crippen LogP contribution in [-0.4, -0.2) is 36.4 Å². The Hall–Kier alpha value is -1.13. The minimum Gasteiger partial charge on any atom is -0.392 e. The number of methoxy groups -OCH3 is 1. The first kappa shape index (κ1) is 14.9. The molecule has 1 heterocycles. The van der Waals surface area contributed by atoms with Crippen molar-refractivity contribution in [3.63, 3.8) is 0 Å². The lowest BCUT2D eigenvalue weighted by Crippen LogP contribution is -2.37. The number of hydrogen-bond acceptors (Lipinski definition) is 4. The normalized spacial score (nSPS) is 12.6. The molecule has 1 unspecified atom stereocenters. The molecule has 4 nitrogen and oxygen atoms in total. The lowest BCUT2D eigenvalue weighted by atomic mass is 10.1. The van der Waals surface area contributed by atoms with Crippen LogP contribution in [0.3, 0.4) is 0 Å². The molecule has 4 heteroatoms. The van der Waals surface area contributed by atoms with Gasteiger partial charge in [-0.25, -0.2) is 4.98 Å². The molecule has 0 bridgehead atoms. The molecular formula is C14H24N2O2. The van der Waals surface area contributed by atoms with Gasteiger partial charge in [0, 0.05) is 24.9 Å². The largest absolute Gasteiger partial charge is 0.392 e. The third-order valence-corrected chi connectivity index (χ3v) is 3.16. The quantitative estimate of drug-likeness (QED) is 0.841. The molecule has 0 aliphatic heterocycles. The van der Waals surface area contributed by atoms with Gasteiger partial charge >= 0.3 is 0 Å². The predicted molar refractivity (Wildman–Crippen MR) is 74.0 cm³/mol. The lowest BCUT2D eigenvalue weighted by Gasteiger charge is -2.31. The Labute approximate surface area is 110 Å². The Morgan fingerprint density at radius 2 is 2.11 bits per heavy atom. The molecule has 0 saturated carbocycles. The van der Waals surface area contributed by atoms with Gasteiger partial charge in [-0.2, -0.15) is 0 Å². The highest BCUT2D eigenvalue weighted by molar-refractivity contribution is 5.52. The molecule has 1 aromatic heterocycles. The van der Waals surface area contributed by atoms with Crippen LogP contribution in [0.4, 0.5) is 5.82 Å². The molecule has 0 aliphatic rings. The van der Waals surface area contributed by atoms with Crippen LogP contribution in [0, 0.1) is 13.8 Å². The van der Waals surface area contributed by atoms with Crippen molar-refractivity contribution in [2.45, 2.75) is 40.3 Å². The van der Waals surface area contributed by atoms with Crippen molar-refractivity contribution in [3.8, 4) is 0 Å². The molecule has 0 aliphatic carbocycles. The Morgan fingerprint density at radius 3 is 2.61 bits per heavy atom. The van der Waals surface area contributed by atoms with Crippen LogP contribution in [0.5, 0.6) is 0 Å². The second-order valence-electron chi connectivity index (χ2n) is 4.63. The maximum Gasteiger partial charge on any atom is 0.134 e. The molecule has 0 spiro atoms. The molecule has 1 rings (SSSR count). The van der Waals surface area contributed by atoms with Gasteiger partial charge in [0.15, 0.2) is 0 Å². The SMILES string of the molecule is CCN(c1nc(C)cc(C)c1CO)C(C)COC. The molecule has 102 valence electrons. The molecule has 1 aromatic rings.